The van der Waals surface area contributed by atoms with Crippen LogP contribution in [0.4, 0.5) is 5.69 Å². The zero-order valence-electron chi connectivity index (χ0n) is 9.93. The first-order valence-electron chi connectivity index (χ1n) is 5.70. The average Bonchev–Trinajstić information content (AvgIpc) is 2.71. The molecule has 1 aromatic carbocycles. The number of carbonyl (C=O) groups is 1. The highest BCUT2D eigenvalue weighted by molar-refractivity contribution is 6.33. The van der Waals surface area contributed by atoms with Gasteiger partial charge in [-0.25, -0.2) is 0 Å². The van der Waals surface area contributed by atoms with Gasteiger partial charge in [-0.05, 0) is 24.1 Å². The molecule has 0 saturated carbocycles. The molecule has 1 aliphatic rings. The van der Waals surface area contributed by atoms with Gasteiger partial charge in [0.25, 0.3) is 0 Å². The lowest BCUT2D eigenvalue weighted by Gasteiger charge is -2.19. The summed E-state index contributed by atoms with van der Waals surface area (Å²) in [5.41, 5.74) is 1.30. The molecule has 1 saturated heterocycles. The number of rotatable bonds is 2. The minimum absolute atomic E-state index is 0.0919. The van der Waals surface area contributed by atoms with Crippen molar-refractivity contribution in [1.82, 2.24) is 0 Å². The molecule has 1 aliphatic heterocycles. The summed E-state index contributed by atoms with van der Waals surface area (Å²) in [5.74, 6) is -1.04. The van der Waals surface area contributed by atoms with Gasteiger partial charge in [0.05, 0.1) is 28.3 Å². The van der Waals surface area contributed by atoms with Crippen molar-refractivity contribution in [2.24, 2.45) is 11.8 Å². The fraction of sp³-hybridized carbons (Fsp3) is 0.385. The van der Waals surface area contributed by atoms with E-state index >= 15 is 0 Å². The van der Waals surface area contributed by atoms with Gasteiger partial charge in [-0.1, -0.05) is 18.5 Å². The van der Waals surface area contributed by atoms with Crippen molar-refractivity contribution in [3.05, 3.63) is 28.8 Å². The van der Waals surface area contributed by atoms with E-state index in [4.69, 9.17) is 22.0 Å². The minimum Gasteiger partial charge on any atom is -0.481 e. The molecule has 0 unspecified atom stereocenters. The molecular weight excluding hydrogens is 252 g/mol. The molecule has 1 aromatic rings. The second-order valence-electron chi connectivity index (χ2n) is 4.60. The summed E-state index contributed by atoms with van der Waals surface area (Å²) in [7, 11) is 0. The molecule has 0 radical (unpaired) electrons. The molecule has 5 heteroatoms. The fourth-order valence-electron chi connectivity index (χ4n) is 2.32. The van der Waals surface area contributed by atoms with Gasteiger partial charge in [0.2, 0.25) is 0 Å². The zero-order valence-corrected chi connectivity index (χ0v) is 10.7. The van der Waals surface area contributed by atoms with Gasteiger partial charge in [0.1, 0.15) is 0 Å². The highest BCUT2D eigenvalue weighted by Crippen LogP contribution is 2.33. The molecule has 2 atom stereocenters. The quantitative estimate of drug-likeness (QED) is 0.891. The first-order chi connectivity index (χ1) is 8.52. The van der Waals surface area contributed by atoms with Gasteiger partial charge >= 0.3 is 5.97 Å². The van der Waals surface area contributed by atoms with Gasteiger partial charge in [0, 0.05) is 13.1 Å². The average molecular weight is 265 g/mol. The Labute approximate surface area is 110 Å². The first-order valence-corrected chi connectivity index (χ1v) is 6.08. The summed E-state index contributed by atoms with van der Waals surface area (Å²) in [5, 5.41) is 18.4. The van der Waals surface area contributed by atoms with Crippen LogP contribution >= 0.6 is 11.6 Å². The summed E-state index contributed by atoms with van der Waals surface area (Å²) >= 11 is 6.12. The Bertz CT molecular complexity index is 524. The molecule has 0 aromatic heterocycles. The standard InChI is InChI=1S/C13H13ClN2O2/c1-8-6-16(7-10(8)13(17)18)12-3-2-9(5-15)4-11(12)14/h2-4,8,10H,6-7H2,1H3,(H,17,18)/t8-,10-/m1/s1. The van der Waals surface area contributed by atoms with E-state index in [2.05, 4.69) is 0 Å². The van der Waals surface area contributed by atoms with Gasteiger partial charge in [-0.3, -0.25) is 4.79 Å². The van der Waals surface area contributed by atoms with Crippen LogP contribution in [0.15, 0.2) is 18.2 Å². The van der Waals surface area contributed by atoms with Crippen LogP contribution in [0, 0.1) is 23.2 Å². The lowest BCUT2D eigenvalue weighted by Crippen LogP contribution is -2.23. The van der Waals surface area contributed by atoms with Crippen molar-refractivity contribution < 1.29 is 9.90 Å². The summed E-state index contributed by atoms with van der Waals surface area (Å²) in [4.78, 5) is 13.0. The van der Waals surface area contributed by atoms with Crippen LogP contribution in [0.2, 0.25) is 5.02 Å². The lowest BCUT2D eigenvalue weighted by atomic mass is 9.99. The van der Waals surface area contributed by atoms with Crippen LogP contribution in [-0.4, -0.2) is 24.2 Å². The fourth-order valence-corrected chi connectivity index (χ4v) is 2.62. The van der Waals surface area contributed by atoms with E-state index in [1.165, 1.54) is 0 Å². The molecule has 94 valence electrons. The number of anilines is 1. The van der Waals surface area contributed by atoms with Crippen molar-refractivity contribution in [3.8, 4) is 6.07 Å². The number of carboxylic acids is 1. The maximum Gasteiger partial charge on any atom is 0.308 e. The molecule has 0 amide bonds. The molecule has 2 rings (SSSR count). The van der Waals surface area contributed by atoms with Crippen molar-refractivity contribution in [1.29, 1.82) is 5.26 Å². The number of aliphatic carboxylic acids is 1. The lowest BCUT2D eigenvalue weighted by molar-refractivity contribution is -0.142. The topological polar surface area (TPSA) is 64.3 Å². The Morgan fingerprint density at radius 2 is 2.28 bits per heavy atom. The van der Waals surface area contributed by atoms with Gasteiger partial charge in [-0.2, -0.15) is 5.26 Å². The molecule has 4 nitrogen and oxygen atoms in total. The van der Waals surface area contributed by atoms with Crippen LogP contribution in [0.25, 0.3) is 0 Å². The minimum atomic E-state index is -0.769. The van der Waals surface area contributed by atoms with Crippen molar-refractivity contribution in [3.63, 3.8) is 0 Å². The normalized spacial score (nSPS) is 22.8. The Kier molecular flexibility index (Phi) is 3.44. The molecule has 1 heterocycles. The highest BCUT2D eigenvalue weighted by Gasteiger charge is 2.35. The van der Waals surface area contributed by atoms with E-state index in [0.29, 0.717) is 23.7 Å². The second-order valence-corrected chi connectivity index (χ2v) is 5.01. The number of halogens is 1. The van der Waals surface area contributed by atoms with E-state index < -0.39 is 5.97 Å². The third-order valence-electron chi connectivity index (χ3n) is 3.35. The molecule has 1 fully saturated rings. The number of nitriles is 1. The van der Waals surface area contributed by atoms with E-state index in [9.17, 15) is 4.79 Å². The van der Waals surface area contributed by atoms with Gasteiger partial charge < -0.3 is 10.0 Å². The Balaban J connectivity index is 2.24. The largest absolute Gasteiger partial charge is 0.481 e. The van der Waals surface area contributed by atoms with Crippen LogP contribution < -0.4 is 4.90 Å². The summed E-state index contributed by atoms with van der Waals surface area (Å²) in [6, 6.07) is 7.10. The Morgan fingerprint density at radius 3 is 2.78 bits per heavy atom. The monoisotopic (exact) mass is 264 g/mol. The van der Waals surface area contributed by atoms with Crippen molar-refractivity contribution in [2.45, 2.75) is 6.92 Å². The third-order valence-corrected chi connectivity index (χ3v) is 3.65. The SMILES string of the molecule is C[C@@H]1CN(c2ccc(C#N)cc2Cl)C[C@H]1C(=O)O. The van der Waals surface area contributed by atoms with Crippen LogP contribution in [-0.2, 0) is 4.79 Å². The maximum absolute atomic E-state index is 11.1. The van der Waals surface area contributed by atoms with Crippen LogP contribution in [0.1, 0.15) is 12.5 Å². The van der Waals surface area contributed by atoms with E-state index in [-0.39, 0.29) is 11.8 Å². The molecule has 0 bridgehead atoms. The van der Waals surface area contributed by atoms with Gasteiger partial charge in [-0.15, -0.1) is 0 Å². The number of carboxylic acid groups (broad SMARTS) is 1. The van der Waals surface area contributed by atoms with E-state index in [1.54, 1.807) is 18.2 Å². The predicted octanol–water partition coefficient (Wildman–Crippen LogP) is 2.37. The first kappa shape index (κ1) is 12.7. The summed E-state index contributed by atoms with van der Waals surface area (Å²) in [6.07, 6.45) is 0. The number of hydrogen-bond acceptors (Lipinski definition) is 3. The number of benzene rings is 1. The molecule has 18 heavy (non-hydrogen) atoms. The predicted molar refractivity (Wildman–Crippen MR) is 68.7 cm³/mol. The Hall–Kier alpha value is -1.73. The van der Waals surface area contributed by atoms with E-state index in [1.807, 2.05) is 17.9 Å². The zero-order chi connectivity index (χ0) is 13.3. The molecule has 0 spiro atoms. The van der Waals surface area contributed by atoms with Crippen molar-refractivity contribution in [2.75, 3.05) is 18.0 Å². The summed E-state index contributed by atoms with van der Waals surface area (Å²) in [6.45, 7) is 3.06. The van der Waals surface area contributed by atoms with Crippen LogP contribution in [0.3, 0.4) is 0 Å². The summed E-state index contributed by atoms with van der Waals surface area (Å²) < 4.78 is 0. The van der Waals surface area contributed by atoms with Crippen LogP contribution in [0.5, 0.6) is 0 Å². The Morgan fingerprint density at radius 1 is 1.56 bits per heavy atom. The third kappa shape index (κ3) is 2.27. The van der Waals surface area contributed by atoms with Gasteiger partial charge in [0.15, 0.2) is 0 Å². The number of hydrogen-bond donors (Lipinski definition) is 1. The number of nitrogens with zero attached hydrogens (tertiary/aromatic N) is 2. The van der Waals surface area contributed by atoms with Crippen molar-refractivity contribution >= 4 is 23.3 Å². The van der Waals surface area contributed by atoms with E-state index in [0.717, 1.165) is 5.69 Å². The second kappa shape index (κ2) is 4.87. The highest BCUT2D eigenvalue weighted by atomic mass is 35.5. The molecular formula is C13H13ClN2O2. The molecule has 0 aliphatic carbocycles. The molecule has 1 N–H and O–H groups in total. The smallest absolute Gasteiger partial charge is 0.308 e. The maximum atomic E-state index is 11.1.